The van der Waals surface area contributed by atoms with Crippen LogP contribution in [0.15, 0.2) is 27.9 Å². The molecule has 0 atom stereocenters. The van der Waals surface area contributed by atoms with Crippen molar-refractivity contribution in [3.63, 3.8) is 0 Å². The van der Waals surface area contributed by atoms with Gasteiger partial charge in [0.15, 0.2) is 0 Å². The highest BCUT2D eigenvalue weighted by Crippen LogP contribution is 2.36. The van der Waals surface area contributed by atoms with Crippen LogP contribution >= 0.6 is 23.1 Å². The molecular formula is C12H11F3N2S2. The molecule has 0 bridgehead atoms. The Morgan fingerprint density at radius 1 is 1.37 bits per heavy atom. The smallest absolute Gasteiger partial charge is 0.399 e. The SMILES string of the molecule is Cc1csc(SCc2ccc(N)cc2C(F)(F)F)n1. The van der Waals surface area contributed by atoms with Crippen LogP contribution in [0.5, 0.6) is 0 Å². The lowest BCUT2D eigenvalue weighted by atomic mass is 10.1. The van der Waals surface area contributed by atoms with Gasteiger partial charge in [-0.25, -0.2) is 4.98 Å². The summed E-state index contributed by atoms with van der Waals surface area (Å²) < 4.78 is 39.4. The zero-order chi connectivity index (χ0) is 14.0. The van der Waals surface area contributed by atoms with Crippen molar-refractivity contribution in [1.29, 1.82) is 0 Å². The van der Waals surface area contributed by atoms with Crippen molar-refractivity contribution in [2.24, 2.45) is 0 Å². The number of rotatable bonds is 3. The quantitative estimate of drug-likeness (QED) is 0.677. The topological polar surface area (TPSA) is 38.9 Å². The summed E-state index contributed by atoms with van der Waals surface area (Å²) in [6.07, 6.45) is -4.38. The van der Waals surface area contributed by atoms with E-state index >= 15 is 0 Å². The van der Waals surface area contributed by atoms with E-state index in [2.05, 4.69) is 4.98 Å². The van der Waals surface area contributed by atoms with Gasteiger partial charge in [0.05, 0.1) is 5.56 Å². The number of anilines is 1. The first-order valence-corrected chi connectivity index (χ1v) is 7.23. The van der Waals surface area contributed by atoms with Crippen molar-refractivity contribution in [2.45, 2.75) is 23.2 Å². The number of halogens is 3. The van der Waals surface area contributed by atoms with Crippen molar-refractivity contribution < 1.29 is 13.2 Å². The molecule has 0 saturated carbocycles. The van der Waals surface area contributed by atoms with E-state index in [0.717, 1.165) is 16.1 Å². The van der Waals surface area contributed by atoms with E-state index in [9.17, 15) is 13.2 Å². The van der Waals surface area contributed by atoms with Gasteiger partial charge >= 0.3 is 6.18 Å². The molecule has 0 aliphatic carbocycles. The normalized spacial score (nSPS) is 11.8. The fourth-order valence-electron chi connectivity index (χ4n) is 1.52. The molecule has 1 heterocycles. The lowest BCUT2D eigenvalue weighted by Gasteiger charge is -2.12. The molecule has 0 unspecified atom stereocenters. The molecule has 0 fully saturated rings. The average molecular weight is 304 g/mol. The predicted octanol–water partition coefficient (Wildman–Crippen LogP) is 4.34. The van der Waals surface area contributed by atoms with E-state index in [1.165, 1.54) is 35.2 Å². The Morgan fingerprint density at radius 2 is 2.11 bits per heavy atom. The number of hydrogen-bond acceptors (Lipinski definition) is 4. The van der Waals surface area contributed by atoms with Crippen LogP contribution in [0, 0.1) is 6.92 Å². The van der Waals surface area contributed by atoms with Gasteiger partial charge in [0.1, 0.15) is 4.34 Å². The molecule has 1 aromatic carbocycles. The highest BCUT2D eigenvalue weighted by atomic mass is 32.2. The first-order chi connectivity index (χ1) is 8.86. The molecule has 2 rings (SSSR count). The van der Waals surface area contributed by atoms with Gasteiger partial charge < -0.3 is 5.73 Å². The van der Waals surface area contributed by atoms with Crippen LogP contribution < -0.4 is 5.73 Å². The highest BCUT2D eigenvalue weighted by molar-refractivity contribution is 8.00. The summed E-state index contributed by atoms with van der Waals surface area (Å²) >= 11 is 2.73. The third-order valence-corrected chi connectivity index (χ3v) is 4.58. The Bertz CT molecular complexity index is 579. The molecule has 0 spiro atoms. The number of nitrogens with zero attached hydrogens (tertiary/aromatic N) is 1. The minimum atomic E-state index is -4.38. The molecule has 19 heavy (non-hydrogen) atoms. The lowest BCUT2D eigenvalue weighted by molar-refractivity contribution is -0.138. The zero-order valence-corrected chi connectivity index (χ0v) is 11.6. The summed E-state index contributed by atoms with van der Waals surface area (Å²) in [5, 5.41) is 1.87. The van der Waals surface area contributed by atoms with Crippen molar-refractivity contribution in [3.05, 3.63) is 40.4 Å². The number of alkyl halides is 3. The molecule has 2 N–H and O–H groups in total. The number of aryl methyl sites for hydroxylation is 1. The number of nitrogen functional groups attached to an aromatic ring is 1. The second kappa shape index (κ2) is 5.42. The number of thioether (sulfide) groups is 1. The third kappa shape index (κ3) is 3.63. The second-order valence-corrected chi connectivity index (χ2v) is 6.04. The number of nitrogens with two attached hydrogens (primary N) is 1. The maximum absolute atomic E-state index is 12.9. The van der Waals surface area contributed by atoms with E-state index in [0.29, 0.717) is 0 Å². The number of benzene rings is 1. The summed E-state index contributed by atoms with van der Waals surface area (Å²) in [5.41, 5.74) is 5.96. The van der Waals surface area contributed by atoms with Crippen LogP contribution in [0.1, 0.15) is 16.8 Å². The van der Waals surface area contributed by atoms with Gasteiger partial charge in [-0.15, -0.1) is 11.3 Å². The average Bonchev–Trinajstić information content (AvgIpc) is 2.72. The third-order valence-electron chi connectivity index (χ3n) is 2.39. The van der Waals surface area contributed by atoms with E-state index < -0.39 is 11.7 Å². The van der Waals surface area contributed by atoms with Crippen LogP contribution in [-0.2, 0) is 11.9 Å². The number of hydrogen-bond donors (Lipinski definition) is 1. The summed E-state index contributed by atoms with van der Waals surface area (Å²) in [6, 6.07) is 3.88. The number of aromatic nitrogens is 1. The predicted molar refractivity (Wildman–Crippen MR) is 72.3 cm³/mol. The van der Waals surface area contributed by atoms with Gasteiger partial charge in [0, 0.05) is 22.5 Å². The van der Waals surface area contributed by atoms with E-state index in [1.54, 1.807) is 0 Å². The second-order valence-electron chi connectivity index (χ2n) is 3.96. The first kappa shape index (κ1) is 14.2. The molecule has 0 amide bonds. The van der Waals surface area contributed by atoms with Crippen LogP contribution in [0.3, 0.4) is 0 Å². The highest BCUT2D eigenvalue weighted by Gasteiger charge is 2.33. The van der Waals surface area contributed by atoms with Crippen LogP contribution in [-0.4, -0.2) is 4.98 Å². The maximum atomic E-state index is 12.9. The minimum Gasteiger partial charge on any atom is -0.399 e. The Hall–Kier alpha value is -1.21. The molecule has 102 valence electrons. The van der Waals surface area contributed by atoms with E-state index in [-0.39, 0.29) is 17.0 Å². The van der Waals surface area contributed by atoms with E-state index in [1.807, 2.05) is 12.3 Å². The Morgan fingerprint density at radius 3 is 2.68 bits per heavy atom. The Balaban J connectivity index is 2.20. The van der Waals surface area contributed by atoms with Gasteiger partial charge in [0.2, 0.25) is 0 Å². The molecule has 0 aliphatic heterocycles. The zero-order valence-electron chi connectivity index (χ0n) is 9.99. The van der Waals surface area contributed by atoms with Crippen molar-refractivity contribution in [2.75, 3.05) is 5.73 Å². The van der Waals surface area contributed by atoms with Crippen LogP contribution in [0.4, 0.5) is 18.9 Å². The molecule has 0 radical (unpaired) electrons. The molecule has 0 aliphatic rings. The molecule has 2 nitrogen and oxygen atoms in total. The van der Waals surface area contributed by atoms with Gasteiger partial charge in [0.25, 0.3) is 0 Å². The standard InChI is InChI=1S/C12H11F3N2S2/c1-7-5-18-11(17-7)19-6-8-2-3-9(16)4-10(8)12(13,14)15/h2-5H,6,16H2,1H3. The summed E-state index contributed by atoms with van der Waals surface area (Å²) in [4.78, 5) is 4.21. The summed E-state index contributed by atoms with van der Waals surface area (Å²) in [6.45, 7) is 1.85. The Labute approximate surface area is 116 Å². The summed E-state index contributed by atoms with van der Waals surface area (Å²) in [7, 11) is 0. The fraction of sp³-hybridized carbons (Fsp3) is 0.250. The first-order valence-electron chi connectivity index (χ1n) is 5.37. The van der Waals surface area contributed by atoms with E-state index in [4.69, 9.17) is 5.73 Å². The van der Waals surface area contributed by atoms with Crippen molar-refractivity contribution in [1.82, 2.24) is 4.98 Å². The largest absolute Gasteiger partial charge is 0.416 e. The maximum Gasteiger partial charge on any atom is 0.416 e. The van der Waals surface area contributed by atoms with Gasteiger partial charge in [-0.2, -0.15) is 13.2 Å². The monoisotopic (exact) mass is 304 g/mol. The van der Waals surface area contributed by atoms with Gasteiger partial charge in [-0.1, -0.05) is 17.8 Å². The minimum absolute atomic E-state index is 0.117. The number of thiazole rings is 1. The van der Waals surface area contributed by atoms with Crippen LogP contribution in [0.25, 0.3) is 0 Å². The fourth-order valence-corrected chi connectivity index (χ4v) is 3.38. The molecule has 2 aromatic rings. The van der Waals surface area contributed by atoms with Crippen molar-refractivity contribution >= 4 is 28.8 Å². The Kier molecular flexibility index (Phi) is 4.05. The molecule has 1 aromatic heterocycles. The van der Waals surface area contributed by atoms with Gasteiger partial charge in [-0.3, -0.25) is 0 Å². The molecule has 7 heteroatoms. The van der Waals surface area contributed by atoms with Crippen LogP contribution in [0.2, 0.25) is 0 Å². The van der Waals surface area contributed by atoms with Crippen molar-refractivity contribution in [3.8, 4) is 0 Å². The molecular weight excluding hydrogens is 293 g/mol. The summed E-state index contributed by atoms with van der Waals surface area (Å²) in [5.74, 6) is 0.224. The lowest BCUT2D eigenvalue weighted by Crippen LogP contribution is -2.09. The molecule has 0 saturated heterocycles. The van der Waals surface area contributed by atoms with Gasteiger partial charge in [-0.05, 0) is 24.6 Å².